The lowest BCUT2D eigenvalue weighted by atomic mass is 9.83. The summed E-state index contributed by atoms with van der Waals surface area (Å²) in [7, 11) is 0. The van der Waals surface area contributed by atoms with Gasteiger partial charge in [-0.1, -0.05) is 12.1 Å². The Morgan fingerprint density at radius 3 is 2.59 bits per heavy atom. The summed E-state index contributed by atoms with van der Waals surface area (Å²) in [5, 5.41) is 7.85. The minimum atomic E-state index is -0.302. The van der Waals surface area contributed by atoms with E-state index in [0.717, 1.165) is 24.3 Å². The van der Waals surface area contributed by atoms with Gasteiger partial charge in [-0.25, -0.2) is 0 Å². The second kappa shape index (κ2) is 10.4. The average molecular weight is 569 g/mol. The van der Waals surface area contributed by atoms with Crippen molar-refractivity contribution >= 4 is 40.2 Å². The molecular formula is C31H28N4O5S. The van der Waals surface area contributed by atoms with E-state index in [2.05, 4.69) is 15.5 Å². The van der Waals surface area contributed by atoms with Crippen molar-refractivity contribution in [2.45, 2.75) is 18.9 Å². The molecule has 5 heterocycles. The van der Waals surface area contributed by atoms with Crippen molar-refractivity contribution < 1.29 is 19.1 Å². The molecule has 3 aliphatic rings. The Morgan fingerprint density at radius 1 is 0.854 bits per heavy atom. The number of ether oxygens (including phenoxy) is 2. The third-order valence-electron chi connectivity index (χ3n) is 7.87. The fourth-order valence-corrected chi connectivity index (χ4v) is 6.68. The van der Waals surface area contributed by atoms with Crippen LogP contribution < -0.4 is 30.6 Å². The van der Waals surface area contributed by atoms with Crippen LogP contribution in [0.15, 0.2) is 76.9 Å². The molecule has 2 bridgehead atoms. The molecule has 0 radical (unpaired) electrons. The summed E-state index contributed by atoms with van der Waals surface area (Å²) < 4.78 is 13.1. The zero-order chi connectivity index (χ0) is 27.9. The van der Waals surface area contributed by atoms with Crippen LogP contribution in [0.4, 0.5) is 17.1 Å². The molecule has 2 aromatic carbocycles. The standard InChI is InChI=1S/C31H28N4O5S/c36-29-5-1-3-24-21-13-19(17-35(24)29)16-34(18-21)25-8-6-20(14-23(25)33-31(38)28-4-2-12-41-28)30(37)32-22-7-9-26-27(15-22)40-11-10-39-26/h1-9,12,14-15,19,21H,10-11,13,16-18H2,(H,32,37)(H,33,38)/t19-,21+/m1/s1. The molecule has 2 aromatic heterocycles. The van der Waals surface area contributed by atoms with Crippen LogP contribution in [0.3, 0.4) is 0 Å². The smallest absolute Gasteiger partial charge is 0.265 e. The predicted molar refractivity (Wildman–Crippen MR) is 158 cm³/mol. The lowest BCUT2D eigenvalue weighted by molar-refractivity contribution is 0.101. The number of aromatic nitrogens is 1. The summed E-state index contributed by atoms with van der Waals surface area (Å²) in [6.45, 7) is 3.09. The molecule has 2 N–H and O–H groups in total. The van der Waals surface area contributed by atoms with Gasteiger partial charge in [0.25, 0.3) is 17.4 Å². The minimum Gasteiger partial charge on any atom is -0.486 e. The molecule has 208 valence electrons. The first-order chi connectivity index (χ1) is 20.0. The van der Waals surface area contributed by atoms with Crippen molar-refractivity contribution in [3.8, 4) is 11.5 Å². The summed E-state index contributed by atoms with van der Waals surface area (Å²) in [5.41, 5.74) is 3.53. The van der Waals surface area contributed by atoms with Crippen LogP contribution in [-0.4, -0.2) is 42.7 Å². The quantitative estimate of drug-likeness (QED) is 0.358. The molecule has 4 aromatic rings. The second-order valence-electron chi connectivity index (χ2n) is 10.6. The highest BCUT2D eigenvalue weighted by Crippen LogP contribution is 2.40. The molecule has 0 saturated carbocycles. The Kier molecular flexibility index (Phi) is 6.47. The number of benzene rings is 2. The third kappa shape index (κ3) is 4.95. The molecule has 10 heteroatoms. The number of fused-ring (bicyclic) bond motifs is 5. The number of nitrogens with one attached hydrogen (secondary N) is 2. The van der Waals surface area contributed by atoms with Gasteiger partial charge in [0.1, 0.15) is 13.2 Å². The van der Waals surface area contributed by atoms with E-state index in [1.807, 2.05) is 34.2 Å². The Hall–Kier alpha value is -4.57. The first kappa shape index (κ1) is 25.4. The van der Waals surface area contributed by atoms with Gasteiger partial charge in [-0.15, -0.1) is 11.3 Å². The molecule has 41 heavy (non-hydrogen) atoms. The molecule has 1 saturated heterocycles. The van der Waals surface area contributed by atoms with Crippen molar-refractivity contribution in [1.29, 1.82) is 0 Å². The van der Waals surface area contributed by atoms with E-state index in [4.69, 9.17) is 9.47 Å². The summed E-state index contributed by atoms with van der Waals surface area (Å²) in [6.07, 6.45) is 1.02. The zero-order valence-corrected chi connectivity index (χ0v) is 23.0. The Balaban J connectivity index is 1.18. The molecule has 0 unspecified atom stereocenters. The molecule has 2 amide bonds. The number of pyridine rings is 1. The van der Waals surface area contributed by atoms with Crippen molar-refractivity contribution in [2.75, 3.05) is 41.8 Å². The summed E-state index contributed by atoms with van der Waals surface area (Å²) in [4.78, 5) is 41.8. The molecular weight excluding hydrogens is 540 g/mol. The van der Waals surface area contributed by atoms with Gasteiger partial charge in [0.15, 0.2) is 11.5 Å². The molecule has 2 atom stereocenters. The van der Waals surface area contributed by atoms with E-state index < -0.39 is 0 Å². The molecule has 7 rings (SSSR count). The maximum Gasteiger partial charge on any atom is 0.265 e. The Morgan fingerprint density at radius 2 is 1.73 bits per heavy atom. The maximum atomic E-state index is 13.3. The van der Waals surface area contributed by atoms with Gasteiger partial charge >= 0.3 is 0 Å². The SMILES string of the molecule is O=C(Nc1ccc2c(c1)OCCO2)c1ccc(N2C[C@H]3C[C@@H](C2)c2cccc(=O)n2C3)c(NC(=O)c2cccs2)c1. The molecule has 1 fully saturated rings. The maximum absolute atomic E-state index is 13.3. The monoisotopic (exact) mass is 568 g/mol. The van der Waals surface area contributed by atoms with Gasteiger partial charge in [0.05, 0.1) is 16.3 Å². The van der Waals surface area contributed by atoms with Crippen molar-refractivity contribution in [3.63, 3.8) is 0 Å². The lowest BCUT2D eigenvalue weighted by Crippen LogP contribution is -2.47. The Labute approximate surface area is 240 Å². The predicted octanol–water partition coefficient (Wildman–Crippen LogP) is 4.81. The molecule has 3 aliphatic heterocycles. The Bertz CT molecular complexity index is 1700. The van der Waals surface area contributed by atoms with E-state index in [1.165, 1.54) is 11.3 Å². The number of amides is 2. The van der Waals surface area contributed by atoms with Crippen LogP contribution in [0.5, 0.6) is 11.5 Å². The minimum absolute atomic E-state index is 0.0444. The van der Waals surface area contributed by atoms with Crippen LogP contribution in [0.2, 0.25) is 0 Å². The van der Waals surface area contributed by atoms with Crippen LogP contribution in [-0.2, 0) is 6.54 Å². The highest BCUT2D eigenvalue weighted by Gasteiger charge is 2.35. The zero-order valence-electron chi connectivity index (χ0n) is 22.2. The number of carbonyl (C=O) groups excluding carboxylic acids is 2. The first-order valence-electron chi connectivity index (χ1n) is 13.7. The number of anilines is 3. The van der Waals surface area contributed by atoms with Crippen LogP contribution in [0.1, 0.15) is 38.1 Å². The van der Waals surface area contributed by atoms with Crippen LogP contribution >= 0.6 is 11.3 Å². The molecule has 0 spiro atoms. The first-order valence-corrected chi connectivity index (χ1v) is 14.5. The number of rotatable bonds is 5. The number of carbonyl (C=O) groups is 2. The fourth-order valence-electron chi connectivity index (χ4n) is 6.06. The van der Waals surface area contributed by atoms with Gasteiger partial charge < -0.3 is 29.6 Å². The van der Waals surface area contributed by atoms with Gasteiger partial charge in [-0.3, -0.25) is 14.4 Å². The topological polar surface area (TPSA) is 102 Å². The fraction of sp³-hybridized carbons (Fsp3) is 0.258. The van der Waals surface area contributed by atoms with E-state index in [1.54, 1.807) is 42.5 Å². The summed E-state index contributed by atoms with van der Waals surface area (Å²) in [6, 6.07) is 19.8. The van der Waals surface area contributed by atoms with Gasteiger partial charge in [-0.05, 0) is 60.2 Å². The molecule has 9 nitrogen and oxygen atoms in total. The van der Waals surface area contributed by atoms with Crippen molar-refractivity contribution in [1.82, 2.24) is 4.57 Å². The number of hydrogen-bond acceptors (Lipinski definition) is 7. The number of hydrogen-bond donors (Lipinski definition) is 2. The van der Waals surface area contributed by atoms with Gasteiger partial charge in [-0.2, -0.15) is 0 Å². The largest absolute Gasteiger partial charge is 0.486 e. The lowest BCUT2D eigenvalue weighted by Gasteiger charge is -2.44. The third-order valence-corrected chi connectivity index (χ3v) is 8.74. The van der Waals surface area contributed by atoms with E-state index in [0.29, 0.717) is 65.5 Å². The summed E-state index contributed by atoms with van der Waals surface area (Å²) in [5.74, 6) is 1.22. The van der Waals surface area contributed by atoms with Gasteiger partial charge in [0.2, 0.25) is 0 Å². The average Bonchev–Trinajstić information content (AvgIpc) is 3.53. The highest BCUT2D eigenvalue weighted by atomic mass is 32.1. The van der Waals surface area contributed by atoms with E-state index in [9.17, 15) is 14.4 Å². The summed E-state index contributed by atoms with van der Waals surface area (Å²) >= 11 is 1.36. The number of nitrogens with zero attached hydrogens (tertiary/aromatic N) is 2. The van der Waals surface area contributed by atoms with Crippen LogP contribution in [0, 0.1) is 5.92 Å². The van der Waals surface area contributed by atoms with Gasteiger partial charge in [0, 0.05) is 54.6 Å². The van der Waals surface area contributed by atoms with Crippen molar-refractivity contribution in [2.24, 2.45) is 5.92 Å². The van der Waals surface area contributed by atoms with E-state index in [-0.39, 0.29) is 23.3 Å². The number of thiophene rings is 1. The normalized spacial score (nSPS) is 18.8. The van der Waals surface area contributed by atoms with E-state index >= 15 is 0 Å². The second-order valence-corrected chi connectivity index (χ2v) is 11.5. The van der Waals surface area contributed by atoms with Crippen LogP contribution in [0.25, 0.3) is 0 Å². The highest BCUT2D eigenvalue weighted by molar-refractivity contribution is 7.12. The number of piperidine rings is 1. The van der Waals surface area contributed by atoms with Crippen molar-refractivity contribution in [3.05, 3.63) is 98.6 Å². The molecule has 0 aliphatic carbocycles.